The molecule has 128 valence electrons. The SMILES string of the molecule is CN1C(=O)C(CC(=O)Nc2ccccc2)SC1=Nc1ccccc1Cl. The smallest absolute Gasteiger partial charge is 0.242 e. The lowest BCUT2D eigenvalue weighted by molar-refractivity contribution is -0.127. The lowest BCUT2D eigenvalue weighted by Gasteiger charge is -2.09. The Labute approximate surface area is 155 Å². The number of hydrogen-bond donors (Lipinski definition) is 1. The van der Waals surface area contributed by atoms with Crippen LogP contribution in [0.25, 0.3) is 0 Å². The number of hydrogen-bond acceptors (Lipinski definition) is 4. The maximum Gasteiger partial charge on any atom is 0.242 e. The minimum atomic E-state index is -0.491. The van der Waals surface area contributed by atoms with Crippen LogP contribution in [0.15, 0.2) is 59.6 Å². The van der Waals surface area contributed by atoms with Gasteiger partial charge in [0.2, 0.25) is 11.8 Å². The molecule has 7 heteroatoms. The number of nitrogens with one attached hydrogen (secondary N) is 1. The summed E-state index contributed by atoms with van der Waals surface area (Å²) in [6.45, 7) is 0. The number of carbonyl (C=O) groups is 2. The Balaban J connectivity index is 1.69. The number of nitrogens with zero attached hydrogens (tertiary/aromatic N) is 2. The van der Waals surface area contributed by atoms with Crippen molar-refractivity contribution in [2.45, 2.75) is 11.7 Å². The zero-order valence-electron chi connectivity index (χ0n) is 13.5. The van der Waals surface area contributed by atoms with Gasteiger partial charge < -0.3 is 5.32 Å². The fourth-order valence-electron chi connectivity index (χ4n) is 2.34. The van der Waals surface area contributed by atoms with Crippen LogP contribution in [0, 0.1) is 0 Å². The van der Waals surface area contributed by atoms with Crippen LogP contribution in [-0.2, 0) is 9.59 Å². The van der Waals surface area contributed by atoms with E-state index in [0.717, 1.165) is 0 Å². The van der Waals surface area contributed by atoms with E-state index in [1.807, 2.05) is 30.3 Å². The molecule has 1 aliphatic rings. The highest BCUT2D eigenvalue weighted by molar-refractivity contribution is 8.15. The Bertz CT molecular complexity index is 826. The Kier molecular flexibility index (Phi) is 5.40. The average molecular weight is 374 g/mol. The number of carbonyl (C=O) groups excluding carboxylic acids is 2. The third-order valence-corrected chi connectivity index (χ3v) is 5.19. The molecule has 2 amide bonds. The molecule has 2 aromatic rings. The van der Waals surface area contributed by atoms with Crippen LogP contribution < -0.4 is 5.32 Å². The van der Waals surface area contributed by atoms with Crippen LogP contribution >= 0.6 is 23.4 Å². The highest BCUT2D eigenvalue weighted by atomic mass is 35.5. The van der Waals surface area contributed by atoms with Gasteiger partial charge >= 0.3 is 0 Å². The first-order chi connectivity index (χ1) is 12.0. The van der Waals surface area contributed by atoms with Gasteiger partial charge in [-0.05, 0) is 24.3 Å². The molecule has 0 spiro atoms. The van der Waals surface area contributed by atoms with E-state index < -0.39 is 5.25 Å². The Morgan fingerprint density at radius 3 is 2.60 bits per heavy atom. The first-order valence-electron chi connectivity index (χ1n) is 7.67. The van der Waals surface area contributed by atoms with Gasteiger partial charge in [-0.1, -0.05) is 53.7 Å². The lowest BCUT2D eigenvalue weighted by Crippen LogP contribution is -2.30. The van der Waals surface area contributed by atoms with Gasteiger partial charge in [0, 0.05) is 19.2 Å². The molecule has 2 aromatic carbocycles. The quantitative estimate of drug-likeness (QED) is 0.883. The molecular weight excluding hydrogens is 358 g/mol. The lowest BCUT2D eigenvalue weighted by atomic mass is 10.2. The number of aliphatic imine (C=N–C) groups is 1. The topological polar surface area (TPSA) is 61.8 Å². The van der Waals surface area contributed by atoms with Gasteiger partial charge in [-0.2, -0.15) is 0 Å². The van der Waals surface area contributed by atoms with Crippen LogP contribution in [0.3, 0.4) is 0 Å². The van der Waals surface area contributed by atoms with Gasteiger partial charge in [0.05, 0.1) is 10.7 Å². The van der Waals surface area contributed by atoms with E-state index in [4.69, 9.17) is 11.6 Å². The summed E-state index contributed by atoms with van der Waals surface area (Å²) in [5.41, 5.74) is 1.31. The van der Waals surface area contributed by atoms with Crippen molar-refractivity contribution in [3.8, 4) is 0 Å². The van der Waals surface area contributed by atoms with Gasteiger partial charge in [-0.3, -0.25) is 14.5 Å². The Morgan fingerprint density at radius 2 is 1.88 bits per heavy atom. The molecule has 1 unspecified atom stereocenters. The summed E-state index contributed by atoms with van der Waals surface area (Å²) >= 11 is 7.39. The van der Waals surface area contributed by atoms with Gasteiger partial charge in [0.25, 0.3) is 0 Å². The van der Waals surface area contributed by atoms with Crippen LogP contribution in [-0.4, -0.2) is 34.2 Å². The number of halogens is 1. The van der Waals surface area contributed by atoms with Crippen molar-refractivity contribution in [1.29, 1.82) is 0 Å². The summed E-state index contributed by atoms with van der Waals surface area (Å²) < 4.78 is 0. The van der Waals surface area contributed by atoms with Crippen molar-refractivity contribution in [3.05, 3.63) is 59.6 Å². The van der Waals surface area contributed by atoms with E-state index in [9.17, 15) is 9.59 Å². The largest absolute Gasteiger partial charge is 0.326 e. The predicted molar refractivity (Wildman–Crippen MR) is 102 cm³/mol. The molecule has 1 fully saturated rings. The summed E-state index contributed by atoms with van der Waals surface area (Å²) in [4.78, 5) is 30.5. The van der Waals surface area contributed by atoms with Crippen molar-refractivity contribution < 1.29 is 9.59 Å². The second-order valence-electron chi connectivity index (χ2n) is 5.47. The average Bonchev–Trinajstić information content (AvgIpc) is 2.86. The minimum absolute atomic E-state index is 0.0876. The Morgan fingerprint density at radius 1 is 1.20 bits per heavy atom. The monoisotopic (exact) mass is 373 g/mol. The van der Waals surface area contributed by atoms with Gasteiger partial charge in [-0.25, -0.2) is 4.99 Å². The molecule has 25 heavy (non-hydrogen) atoms. The Hall–Kier alpha value is -2.31. The first-order valence-corrected chi connectivity index (χ1v) is 8.92. The minimum Gasteiger partial charge on any atom is -0.326 e. The molecule has 0 radical (unpaired) electrons. The number of para-hydroxylation sites is 2. The molecule has 0 saturated carbocycles. The summed E-state index contributed by atoms with van der Waals surface area (Å²) in [5, 5.41) is 3.36. The van der Waals surface area contributed by atoms with Crippen LogP contribution in [0.4, 0.5) is 11.4 Å². The van der Waals surface area contributed by atoms with Crippen molar-refractivity contribution >= 4 is 51.7 Å². The summed E-state index contributed by atoms with van der Waals surface area (Å²) in [5.74, 6) is -0.344. The van der Waals surface area contributed by atoms with E-state index in [1.165, 1.54) is 16.7 Å². The summed E-state index contributed by atoms with van der Waals surface area (Å²) in [7, 11) is 1.65. The molecular formula is C18H16ClN3O2S. The molecule has 5 nitrogen and oxygen atoms in total. The normalized spacial score (nSPS) is 18.6. The number of thioether (sulfide) groups is 1. The molecule has 0 bridgehead atoms. The summed E-state index contributed by atoms with van der Waals surface area (Å²) in [6.07, 6.45) is 0.0876. The molecule has 1 aliphatic heterocycles. The van der Waals surface area contributed by atoms with Gasteiger partial charge in [0.15, 0.2) is 5.17 Å². The molecule has 0 aliphatic carbocycles. The fourth-order valence-corrected chi connectivity index (χ4v) is 3.67. The standard InChI is InChI=1S/C18H16ClN3O2S/c1-22-17(24)15(11-16(23)20-12-7-3-2-4-8-12)25-18(22)21-14-10-6-5-9-13(14)19/h2-10,15H,11H2,1H3,(H,20,23). The van der Waals surface area contributed by atoms with E-state index in [-0.39, 0.29) is 18.2 Å². The van der Waals surface area contributed by atoms with Crippen molar-refractivity contribution in [3.63, 3.8) is 0 Å². The van der Waals surface area contributed by atoms with Gasteiger partial charge in [-0.15, -0.1) is 0 Å². The molecule has 1 N–H and O–H groups in total. The van der Waals surface area contributed by atoms with Crippen molar-refractivity contribution in [2.24, 2.45) is 4.99 Å². The van der Waals surface area contributed by atoms with E-state index >= 15 is 0 Å². The number of anilines is 1. The van der Waals surface area contributed by atoms with E-state index in [0.29, 0.717) is 21.6 Å². The molecule has 0 aromatic heterocycles. The zero-order valence-corrected chi connectivity index (χ0v) is 15.1. The maximum absolute atomic E-state index is 12.4. The third kappa shape index (κ3) is 4.21. The van der Waals surface area contributed by atoms with Crippen LogP contribution in [0.5, 0.6) is 0 Å². The number of benzene rings is 2. The predicted octanol–water partition coefficient (Wildman–Crippen LogP) is 3.93. The van der Waals surface area contributed by atoms with Crippen molar-refractivity contribution in [2.75, 3.05) is 12.4 Å². The molecule has 1 heterocycles. The molecule has 1 saturated heterocycles. The highest BCUT2D eigenvalue weighted by Gasteiger charge is 2.37. The molecule has 1 atom stereocenters. The van der Waals surface area contributed by atoms with E-state index in [1.54, 1.807) is 31.3 Å². The first kappa shape index (κ1) is 17.5. The third-order valence-electron chi connectivity index (χ3n) is 3.64. The van der Waals surface area contributed by atoms with E-state index in [2.05, 4.69) is 10.3 Å². The van der Waals surface area contributed by atoms with Crippen LogP contribution in [0.2, 0.25) is 5.02 Å². The highest BCUT2D eigenvalue weighted by Crippen LogP contribution is 2.32. The number of amidine groups is 1. The van der Waals surface area contributed by atoms with Crippen LogP contribution in [0.1, 0.15) is 6.42 Å². The second kappa shape index (κ2) is 7.72. The maximum atomic E-state index is 12.4. The number of amides is 2. The van der Waals surface area contributed by atoms with Crippen molar-refractivity contribution in [1.82, 2.24) is 4.90 Å². The zero-order chi connectivity index (χ0) is 17.8. The van der Waals surface area contributed by atoms with Gasteiger partial charge in [0.1, 0.15) is 5.25 Å². The molecule has 3 rings (SSSR count). The number of rotatable bonds is 4. The summed E-state index contributed by atoms with van der Waals surface area (Å²) in [6, 6.07) is 16.3. The fraction of sp³-hybridized carbons (Fsp3) is 0.167. The second-order valence-corrected chi connectivity index (χ2v) is 7.04.